The van der Waals surface area contributed by atoms with Gasteiger partial charge in [0.1, 0.15) is 18.0 Å². The average Bonchev–Trinajstić information content (AvgIpc) is 2.68. The molecule has 0 radical (unpaired) electrons. The minimum atomic E-state index is -0.896. The zero-order valence-electron chi connectivity index (χ0n) is 13.2. The van der Waals surface area contributed by atoms with Gasteiger partial charge < -0.3 is 20.1 Å². The van der Waals surface area contributed by atoms with Crippen molar-refractivity contribution in [3.05, 3.63) is 41.2 Å². The van der Waals surface area contributed by atoms with Gasteiger partial charge in [-0.3, -0.25) is 4.79 Å². The van der Waals surface area contributed by atoms with Crippen molar-refractivity contribution in [1.29, 1.82) is 0 Å². The van der Waals surface area contributed by atoms with Crippen LogP contribution in [0.15, 0.2) is 35.7 Å². The van der Waals surface area contributed by atoms with Crippen molar-refractivity contribution in [2.24, 2.45) is 0 Å². The number of ether oxygens (including phenoxy) is 1. The number of carbonyl (C=O) groups is 2. The molecule has 0 saturated heterocycles. The van der Waals surface area contributed by atoms with Crippen LogP contribution in [0, 0.1) is 0 Å². The summed E-state index contributed by atoms with van der Waals surface area (Å²) in [6, 6.07) is 7.29. The SMILES string of the molecule is CC(=O)OC1CCC(C(=O)O)NC2=C1Cc1ccccc1N2C. The van der Waals surface area contributed by atoms with E-state index in [4.69, 9.17) is 4.74 Å². The van der Waals surface area contributed by atoms with Crippen LogP contribution in [0.2, 0.25) is 0 Å². The molecule has 0 fully saturated rings. The van der Waals surface area contributed by atoms with Crippen LogP contribution in [-0.2, 0) is 20.7 Å². The third kappa shape index (κ3) is 2.88. The van der Waals surface area contributed by atoms with Crippen molar-refractivity contribution in [3.63, 3.8) is 0 Å². The van der Waals surface area contributed by atoms with Gasteiger partial charge in [-0.2, -0.15) is 0 Å². The number of carbonyl (C=O) groups excluding carboxylic acids is 1. The summed E-state index contributed by atoms with van der Waals surface area (Å²) >= 11 is 0. The first-order chi connectivity index (χ1) is 11.0. The second-order valence-electron chi connectivity index (χ2n) is 5.95. The Labute approximate surface area is 134 Å². The van der Waals surface area contributed by atoms with Gasteiger partial charge in [-0.1, -0.05) is 18.2 Å². The van der Waals surface area contributed by atoms with E-state index in [1.807, 2.05) is 36.2 Å². The number of nitrogens with zero attached hydrogens (tertiary/aromatic N) is 1. The Morgan fingerprint density at radius 3 is 2.74 bits per heavy atom. The van der Waals surface area contributed by atoms with E-state index in [1.54, 1.807) is 0 Å². The third-order valence-corrected chi connectivity index (χ3v) is 4.40. The molecule has 2 heterocycles. The number of anilines is 1. The molecule has 0 spiro atoms. The molecule has 2 aliphatic rings. The minimum Gasteiger partial charge on any atom is -0.480 e. The predicted molar refractivity (Wildman–Crippen MR) is 84.9 cm³/mol. The number of aliphatic carboxylic acids is 1. The van der Waals surface area contributed by atoms with E-state index < -0.39 is 18.1 Å². The van der Waals surface area contributed by atoms with E-state index in [-0.39, 0.29) is 5.97 Å². The van der Waals surface area contributed by atoms with E-state index in [0.29, 0.717) is 19.3 Å². The molecular weight excluding hydrogens is 296 g/mol. The van der Waals surface area contributed by atoms with Crippen molar-refractivity contribution < 1.29 is 19.4 Å². The Morgan fingerprint density at radius 1 is 1.30 bits per heavy atom. The molecule has 6 heteroatoms. The van der Waals surface area contributed by atoms with Gasteiger partial charge in [0.05, 0.1) is 0 Å². The number of nitrogens with one attached hydrogen (secondary N) is 1. The van der Waals surface area contributed by atoms with Gasteiger partial charge in [-0.05, 0) is 24.5 Å². The lowest BCUT2D eigenvalue weighted by Gasteiger charge is -2.34. The monoisotopic (exact) mass is 316 g/mol. The van der Waals surface area contributed by atoms with Gasteiger partial charge in [-0.25, -0.2) is 4.79 Å². The summed E-state index contributed by atoms with van der Waals surface area (Å²) in [6.45, 7) is 1.38. The van der Waals surface area contributed by atoms with Gasteiger partial charge in [0.15, 0.2) is 0 Å². The van der Waals surface area contributed by atoms with Crippen molar-refractivity contribution in [2.75, 3.05) is 11.9 Å². The molecule has 0 aromatic heterocycles. The molecule has 0 saturated carbocycles. The number of esters is 1. The highest BCUT2D eigenvalue weighted by molar-refractivity contribution is 5.75. The van der Waals surface area contributed by atoms with E-state index in [9.17, 15) is 14.7 Å². The van der Waals surface area contributed by atoms with Gasteiger partial charge >= 0.3 is 11.9 Å². The zero-order chi connectivity index (χ0) is 16.6. The van der Waals surface area contributed by atoms with E-state index >= 15 is 0 Å². The largest absolute Gasteiger partial charge is 0.480 e. The fourth-order valence-electron chi connectivity index (χ4n) is 3.31. The molecule has 23 heavy (non-hydrogen) atoms. The van der Waals surface area contributed by atoms with Crippen LogP contribution in [0.25, 0.3) is 0 Å². The van der Waals surface area contributed by atoms with Crippen molar-refractivity contribution in [3.8, 4) is 0 Å². The number of benzene rings is 1. The molecule has 2 aliphatic heterocycles. The highest BCUT2D eigenvalue weighted by Crippen LogP contribution is 2.36. The van der Waals surface area contributed by atoms with Crippen molar-refractivity contribution in [1.82, 2.24) is 5.32 Å². The van der Waals surface area contributed by atoms with Crippen LogP contribution >= 0.6 is 0 Å². The van der Waals surface area contributed by atoms with Crippen LogP contribution in [0.3, 0.4) is 0 Å². The number of carboxylic acids is 1. The molecule has 2 unspecified atom stereocenters. The molecule has 3 rings (SSSR count). The fraction of sp³-hybridized carbons (Fsp3) is 0.412. The Kier molecular flexibility index (Phi) is 3.98. The maximum Gasteiger partial charge on any atom is 0.326 e. The summed E-state index contributed by atoms with van der Waals surface area (Å²) < 4.78 is 5.48. The van der Waals surface area contributed by atoms with Crippen LogP contribution in [0.4, 0.5) is 5.69 Å². The van der Waals surface area contributed by atoms with E-state index in [1.165, 1.54) is 6.92 Å². The Hall–Kier alpha value is -2.50. The van der Waals surface area contributed by atoms with Gasteiger partial charge in [0.2, 0.25) is 0 Å². The maximum absolute atomic E-state index is 11.5. The number of hydrogen-bond donors (Lipinski definition) is 2. The third-order valence-electron chi connectivity index (χ3n) is 4.40. The highest BCUT2D eigenvalue weighted by Gasteiger charge is 2.35. The second-order valence-corrected chi connectivity index (χ2v) is 5.95. The molecule has 0 bridgehead atoms. The summed E-state index contributed by atoms with van der Waals surface area (Å²) in [5, 5.41) is 12.5. The number of fused-ring (bicyclic) bond motifs is 1. The van der Waals surface area contributed by atoms with Crippen molar-refractivity contribution >= 4 is 17.6 Å². The van der Waals surface area contributed by atoms with Crippen LogP contribution in [0.1, 0.15) is 25.3 Å². The predicted octanol–water partition coefficient (Wildman–Crippen LogP) is 1.66. The lowest BCUT2D eigenvalue weighted by atomic mass is 9.93. The quantitative estimate of drug-likeness (QED) is 0.808. The minimum absolute atomic E-state index is 0.350. The Balaban J connectivity index is 2.03. The molecule has 0 amide bonds. The van der Waals surface area contributed by atoms with Gasteiger partial charge in [0, 0.05) is 31.7 Å². The normalized spacial score (nSPS) is 23.3. The van der Waals surface area contributed by atoms with Crippen LogP contribution in [-0.4, -0.2) is 36.2 Å². The highest BCUT2D eigenvalue weighted by atomic mass is 16.5. The summed E-state index contributed by atoms with van der Waals surface area (Å²) in [4.78, 5) is 24.8. The molecule has 1 aromatic carbocycles. The number of para-hydroxylation sites is 1. The molecule has 1 aromatic rings. The Morgan fingerprint density at radius 2 is 2.04 bits per heavy atom. The smallest absolute Gasteiger partial charge is 0.326 e. The topological polar surface area (TPSA) is 78.9 Å². The molecule has 122 valence electrons. The Bertz CT molecular complexity index is 683. The molecule has 2 N–H and O–H groups in total. The first-order valence-electron chi connectivity index (χ1n) is 7.68. The van der Waals surface area contributed by atoms with Gasteiger partial charge in [0.25, 0.3) is 0 Å². The molecule has 6 nitrogen and oxygen atoms in total. The maximum atomic E-state index is 11.5. The summed E-state index contributed by atoms with van der Waals surface area (Å²) in [5.74, 6) is -0.510. The first-order valence-corrected chi connectivity index (χ1v) is 7.68. The van der Waals surface area contributed by atoms with E-state index in [0.717, 1.165) is 22.6 Å². The first kappa shape index (κ1) is 15.4. The summed E-state index contributed by atoms with van der Waals surface area (Å²) in [5.41, 5.74) is 3.11. The second kappa shape index (κ2) is 5.95. The van der Waals surface area contributed by atoms with Gasteiger partial charge in [-0.15, -0.1) is 0 Å². The lowest BCUT2D eigenvalue weighted by molar-refractivity contribution is -0.145. The molecular formula is C17H20N2O4. The fourth-order valence-corrected chi connectivity index (χ4v) is 3.31. The number of carboxylic acid groups (broad SMARTS) is 1. The van der Waals surface area contributed by atoms with Crippen LogP contribution in [0.5, 0.6) is 0 Å². The van der Waals surface area contributed by atoms with Crippen molar-refractivity contribution in [2.45, 2.75) is 38.3 Å². The molecule has 2 atom stereocenters. The van der Waals surface area contributed by atoms with E-state index in [2.05, 4.69) is 5.32 Å². The average molecular weight is 316 g/mol. The number of rotatable bonds is 2. The molecule has 0 aliphatic carbocycles. The zero-order valence-corrected chi connectivity index (χ0v) is 13.2. The summed E-state index contributed by atoms with van der Waals surface area (Å²) in [7, 11) is 1.90. The standard InChI is InChI=1S/C17H20N2O4/c1-10(20)23-15-8-7-13(17(21)22)18-16-12(15)9-11-5-3-4-6-14(11)19(16)2/h3-6,13,15,18H,7-9H2,1-2H3,(H,21,22). The number of hydrogen-bond acceptors (Lipinski definition) is 5. The lowest BCUT2D eigenvalue weighted by Crippen LogP contribution is -2.42. The van der Waals surface area contributed by atoms with Crippen LogP contribution < -0.4 is 10.2 Å². The summed E-state index contributed by atoms with van der Waals surface area (Å²) in [6.07, 6.45) is 1.16.